The van der Waals surface area contributed by atoms with Crippen LogP contribution in [-0.4, -0.2) is 37.9 Å². The number of sulfone groups is 1. The number of fused-ring (bicyclic) bond motifs is 1. The molecular weight excluding hydrogens is 534 g/mol. The van der Waals surface area contributed by atoms with E-state index in [1.807, 2.05) is 19.1 Å². The summed E-state index contributed by atoms with van der Waals surface area (Å²) in [6.45, 7) is 0.233. The molecule has 3 aromatic rings. The van der Waals surface area contributed by atoms with Crippen molar-refractivity contribution >= 4 is 33.3 Å². The summed E-state index contributed by atoms with van der Waals surface area (Å²) in [6, 6.07) is 14.8. The lowest BCUT2D eigenvalue weighted by Crippen LogP contribution is -2.40. The van der Waals surface area contributed by atoms with Crippen LogP contribution < -0.4 is 5.32 Å². The minimum Gasteiger partial charge on any atom is -0.350 e. The molecule has 0 radical (unpaired) electrons. The number of alkyl halides is 2. The minimum atomic E-state index is -3.37. The predicted octanol–water partition coefficient (Wildman–Crippen LogP) is 5.30. The summed E-state index contributed by atoms with van der Waals surface area (Å²) in [5.74, 6) is -1.27. The van der Waals surface area contributed by atoms with Crippen molar-refractivity contribution in [2.24, 2.45) is 0 Å². The van der Waals surface area contributed by atoms with E-state index in [9.17, 15) is 26.8 Å². The largest absolute Gasteiger partial charge is 0.350 e. The molecule has 200 valence electrons. The lowest BCUT2D eigenvalue weighted by atomic mass is 9.94. The zero-order valence-electron chi connectivity index (χ0n) is 20.9. The Labute approximate surface area is 225 Å². The van der Waals surface area contributed by atoms with Gasteiger partial charge in [0, 0.05) is 29.9 Å². The van der Waals surface area contributed by atoms with E-state index < -0.39 is 41.0 Å². The average Bonchev–Trinajstić information content (AvgIpc) is 3.19. The van der Waals surface area contributed by atoms with Crippen LogP contribution >= 0.6 is 11.6 Å². The smallest absolute Gasteiger partial charge is 0.255 e. The topological polar surface area (TPSA) is 83.6 Å². The quantitative estimate of drug-likeness (QED) is 0.385. The molecule has 1 heterocycles. The van der Waals surface area contributed by atoms with E-state index in [-0.39, 0.29) is 46.2 Å². The standard InChI is InChI=1S/C28H27ClF2N2O4S/c1-17(19-7-9-22(29)10-8-19)16-33-26(24-20(13-30)5-6-21(14-31)25(24)28(33)35)27(34)32-15-18-3-11-23(12-4-18)38(2,36)37/h3-12,17,26H,13-16H2,1-2H3,(H,32,34). The van der Waals surface area contributed by atoms with Gasteiger partial charge in [0.05, 0.1) is 10.5 Å². The van der Waals surface area contributed by atoms with Crippen LogP contribution in [0.1, 0.15) is 57.1 Å². The zero-order valence-corrected chi connectivity index (χ0v) is 22.5. The molecule has 0 saturated carbocycles. The van der Waals surface area contributed by atoms with E-state index in [0.717, 1.165) is 11.8 Å². The minimum absolute atomic E-state index is 0.0311. The van der Waals surface area contributed by atoms with E-state index >= 15 is 0 Å². The van der Waals surface area contributed by atoms with Crippen molar-refractivity contribution in [1.82, 2.24) is 10.2 Å². The Morgan fingerprint density at radius 2 is 1.61 bits per heavy atom. The number of halogens is 3. The number of benzene rings is 3. The maximum absolute atomic E-state index is 14.0. The molecular formula is C28H27ClF2N2O4S. The van der Waals surface area contributed by atoms with Gasteiger partial charge in [0.15, 0.2) is 9.84 Å². The summed E-state index contributed by atoms with van der Waals surface area (Å²) in [7, 11) is -3.37. The Balaban J connectivity index is 1.66. The molecule has 38 heavy (non-hydrogen) atoms. The molecule has 0 fully saturated rings. The molecule has 10 heteroatoms. The van der Waals surface area contributed by atoms with Crippen LogP contribution in [0.5, 0.6) is 0 Å². The van der Waals surface area contributed by atoms with Gasteiger partial charge in [-0.2, -0.15) is 0 Å². The Kier molecular flexibility index (Phi) is 8.18. The summed E-state index contributed by atoms with van der Waals surface area (Å²) in [5.41, 5.74) is 2.01. The second-order valence-electron chi connectivity index (χ2n) is 9.39. The van der Waals surface area contributed by atoms with Gasteiger partial charge in [0.2, 0.25) is 5.91 Å². The lowest BCUT2D eigenvalue weighted by Gasteiger charge is -2.28. The molecule has 1 N–H and O–H groups in total. The van der Waals surface area contributed by atoms with Crippen molar-refractivity contribution in [2.75, 3.05) is 12.8 Å². The normalized spacial score (nSPS) is 15.9. The summed E-state index contributed by atoms with van der Waals surface area (Å²) in [4.78, 5) is 28.6. The van der Waals surface area contributed by atoms with Crippen LogP contribution in [0, 0.1) is 0 Å². The third-order valence-corrected chi connectivity index (χ3v) is 8.13. The fraction of sp³-hybridized carbons (Fsp3) is 0.286. The molecule has 2 atom stereocenters. The van der Waals surface area contributed by atoms with Crippen molar-refractivity contribution in [2.45, 2.75) is 43.7 Å². The van der Waals surface area contributed by atoms with Gasteiger partial charge in [-0.15, -0.1) is 0 Å². The molecule has 2 amide bonds. The molecule has 2 unspecified atom stereocenters. The number of hydrogen-bond donors (Lipinski definition) is 1. The number of carbonyl (C=O) groups excluding carboxylic acids is 2. The monoisotopic (exact) mass is 560 g/mol. The van der Waals surface area contributed by atoms with Gasteiger partial charge in [-0.05, 0) is 52.4 Å². The third-order valence-electron chi connectivity index (χ3n) is 6.75. The number of nitrogens with zero attached hydrogens (tertiary/aromatic N) is 1. The summed E-state index contributed by atoms with van der Waals surface area (Å²) in [6.07, 6.45) is 1.10. The Morgan fingerprint density at radius 1 is 1.00 bits per heavy atom. The highest BCUT2D eigenvalue weighted by atomic mass is 35.5. The van der Waals surface area contributed by atoms with E-state index in [1.165, 1.54) is 29.2 Å². The first-order valence-electron chi connectivity index (χ1n) is 11.9. The maximum Gasteiger partial charge on any atom is 0.255 e. The number of amides is 2. The molecule has 0 aliphatic carbocycles. The first-order chi connectivity index (χ1) is 18.0. The highest BCUT2D eigenvalue weighted by molar-refractivity contribution is 7.90. The van der Waals surface area contributed by atoms with Gasteiger partial charge in [-0.3, -0.25) is 9.59 Å². The van der Waals surface area contributed by atoms with Gasteiger partial charge in [0.1, 0.15) is 19.4 Å². The average molecular weight is 561 g/mol. The fourth-order valence-electron chi connectivity index (χ4n) is 4.71. The zero-order chi connectivity index (χ0) is 27.6. The van der Waals surface area contributed by atoms with Crippen molar-refractivity contribution in [3.05, 3.63) is 99.1 Å². The Hall–Kier alpha value is -3.30. The highest BCUT2D eigenvalue weighted by Crippen LogP contribution is 2.40. The molecule has 0 spiro atoms. The number of carbonyl (C=O) groups is 2. The molecule has 1 aliphatic rings. The van der Waals surface area contributed by atoms with E-state index in [1.54, 1.807) is 24.3 Å². The number of hydrogen-bond acceptors (Lipinski definition) is 4. The Morgan fingerprint density at radius 3 is 2.18 bits per heavy atom. The van der Waals surface area contributed by atoms with Gasteiger partial charge >= 0.3 is 0 Å². The molecule has 6 nitrogen and oxygen atoms in total. The molecule has 1 aliphatic heterocycles. The fourth-order valence-corrected chi connectivity index (χ4v) is 5.47. The van der Waals surface area contributed by atoms with Crippen molar-refractivity contribution in [1.29, 1.82) is 0 Å². The maximum atomic E-state index is 14.0. The molecule has 4 rings (SSSR count). The molecule has 0 saturated heterocycles. The molecule has 0 aromatic heterocycles. The van der Waals surface area contributed by atoms with E-state index in [0.29, 0.717) is 10.6 Å². The predicted molar refractivity (Wildman–Crippen MR) is 141 cm³/mol. The van der Waals surface area contributed by atoms with Gasteiger partial charge in [-0.25, -0.2) is 17.2 Å². The van der Waals surface area contributed by atoms with Crippen LogP contribution in [-0.2, 0) is 34.5 Å². The molecule has 0 bridgehead atoms. The summed E-state index contributed by atoms with van der Waals surface area (Å²) >= 11 is 6.00. The van der Waals surface area contributed by atoms with Crippen LogP contribution in [0.3, 0.4) is 0 Å². The van der Waals surface area contributed by atoms with Gasteiger partial charge in [-0.1, -0.05) is 54.9 Å². The molecule has 3 aromatic carbocycles. The van der Waals surface area contributed by atoms with Crippen molar-refractivity contribution in [3.8, 4) is 0 Å². The van der Waals surface area contributed by atoms with E-state index in [2.05, 4.69) is 5.32 Å². The number of nitrogens with one attached hydrogen (secondary N) is 1. The van der Waals surface area contributed by atoms with Crippen LogP contribution in [0.4, 0.5) is 8.78 Å². The second-order valence-corrected chi connectivity index (χ2v) is 11.8. The first-order valence-corrected chi connectivity index (χ1v) is 14.2. The van der Waals surface area contributed by atoms with Crippen LogP contribution in [0.2, 0.25) is 5.02 Å². The van der Waals surface area contributed by atoms with Crippen molar-refractivity contribution in [3.63, 3.8) is 0 Å². The van der Waals surface area contributed by atoms with Gasteiger partial charge in [0.25, 0.3) is 5.91 Å². The first kappa shape index (κ1) is 27.7. The second kappa shape index (κ2) is 11.2. The van der Waals surface area contributed by atoms with E-state index in [4.69, 9.17) is 11.6 Å². The third kappa shape index (κ3) is 5.59. The lowest BCUT2D eigenvalue weighted by molar-refractivity contribution is -0.125. The SMILES string of the molecule is CC(CN1C(=O)c2c(CF)ccc(CF)c2C1C(=O)NCc1ccc(S(C)(=O)=O)cc1)c1ccc(Cl)cc1. The Bertz CT molecular complexity index is 1460. The summed E-state index contributed by atoms with van der Waals surface area (Å²) in [5, 5.41) is 3.35. The van der Waals surface area contributed by atoms with Gasteiger partial charge < -0.3 is 10.2 Å². The van der Waals surface area contributed by atoms with Crippen LogP contribution in [0.15, 0.2) is 65.6 Å². The number of rotatable bonds is 9. The van der Waals surface area contributed by atoms with Crippen molar-refractivity contribution < 1.29 is 26.8 Å². The summed E-state index contributed by atoms with van der Waals surface area (Å²) < 4.78 is 51.3. The van der Waals surface area contributed by atoms with Crippen LogP contribution in [0.25, 0.3) is 0 Å². The highest BCUT2D eigenvalue weighted by Gasteiger charge is 2.44.